The summed E-state index contributed by atoms with van der Waals surface area (Å²) in [6, 6.07) is 5.49. The monoisotopic (exact) mass is 494 g/mol. The highest BCUT2D eigenvalue weighted by atomic mass is 35.5. The Bertz CT molecular complexity index is 1140. The van der Waals surface area contributed by atoms with Crippen LogP contribution in [0.2, 0.25) is 10.0 Å². The lowest BCUT2D eigenvalue weighted by Crippen LogP contribution is -2.20. The van der Waals surface area contributed by atoms with Crippen molar-refractivity contribution in [1.29, 1.82) is 0 Å². The first-order chi connectivity index (χ1) is 14.9. The molecule has 4 rings (SSSR count). The van der Waals surface area contributed by atoms with Crippen LogP contribution in [0.3, 0.4) is 0 Å². The Hall–Kier alpha value is -2.13. The van der Waals surface area contributed by atoms with Crippen molar-refractivity contribution in [3.8, 4) is 0 Å². The zero-order valence-electron chi connectivity index (χ0n) is 16.7. The van der Waals surface area contributed by atoms with E-state index >= 15 is 0 Å². The maximum atomic E-state index is 12.4. The van der Waals surface area contributed by atoms with E-state index in [4.69, 9.17) is 40.2 Å². The number of benzene rings is 1. The number of aromatic nitrogens is 2. The van der Waals surface area contributed by atoms with Crippen LogP contribution in [0.15, 0.2) is 30.6 Å². The normalized spacial score (nSPS) is 12.9. The third kappa shape index (κ3) is 5.03. The van der Waals surface area contributed by atoms with Gasteiger partial charge in [-0.1, -0.05) is 29.3 Å². The highest BCUT2D eigenvalue weighted by Gasteiger charge is 2.26. The van der Waals surface area contributed by atoms with Gasteiger partial charge in [0.05, 0.1) is 41.1 Å². The van der Waals surface area contributed by atoms with Crippen LogP contribution >= 0.6 is 46.8 Å². The third-order valence-corrected chi connectivity index (χ3v) is 7.16. The minimum Gasteiger partial charge on any atom is -0.465 e. The molecule has 31 heavy (non-hydrogen) atoms. The number of carbonyl (C=O) groups is 1. The van der Waals surface area contributed by atoms with Crippen LogP contribution in [0.5, 0.6) is 0 Å². The number of anilines is 2. The number of nitrogens with one attached hydrogen (secondary N) is 2. The number of hydrogen-bond donors (Lipinski definition) is 2. The van der Waals surface area contributed by atoms with E-state index in [2.05, 4.69) is 15.7 Å². The van der Waals surface area contributed by atoms with Crippen molar-refractivity contribution in [1.82, 2.24) is 9.78 Å². The van der Waals surface area contributed by atoms with Gasteiger partial charge in [0.15, 0.2) is 5.11 Å². The number of halogens is 2. The third-order valence-electron chi connectivity index (χ3n) is 5.01. The summed E-state index contributed by atoms with van der Waals surface area (Å²) in [6.07, 6.45) is 7.61. The van der Waals surface area contributed by atoms with E-state index in [1.165, 1.54) is 12.0 Å². The van der Waals surface area contributed by atoms with Crippen LogP contribution in [0.1, 0.15) is 39.2 Å². The number of methoxy groups -OCH3 is 1. The fourth-order valence-corrected chi connectivity index (χ4v) is 5.46. The van der Waals surface area contributed by atoms with Crippen LogP contribution in [-0.4, -0.2) is 28.0 Å². The Morgan fingerprint density at radius 1 is 1.26 bits per heavy atom. The molecule has 6 nitrogen and oxygen atoms in total. The maximum absolute atomic E-state index is 12.4. The van der Waals surface area contributed by atoms with Crippen molar-refractivity contribution in [2.45, 2.75) is 32.2 Å². The molecule has 0 bridgehead atoms. The van der Waals surface area contributed by atoms with Crippen molar-refractivity contribution < 1.29 is 9.53 Å². The highest BCUT2D eigenvalue weighted by Crippen LogP contribution is 2.38. The summed E-state index contributed by atoms with van der Waals surface area (Å²) < 4.78 is 6.78. The van der Waals surface area contributed by atoms with Crippen LogP contribution < -0.4 is 10.6 Å². The quantitative estimate of drug-likeness (QED) is 0.346. The average molecular weight is 495 g/mol. The lowest BCUT2D eigenvalue weighted by molar-refractivity contribution is 0.0601. The molecule has 0 spiro atoms. The number of aryl methyl sites for hydroxylation is 1. The van der Waals surface area contributed by atoms with Crippen LogP contribution in [0, 0.1) is 0 Å². The standard InChI is InChI=1S/C21H20Cl2N4O2S2/c1-29-20(28)18-14-4-2-3-5-17(14)31-19(18)26-21(30)25-13-9-24-27(11-13)10-12-6-7-15(22)16(23)8-12/h6-9,11H,2-5,10H2,1H3,(H2,25,26,30). The van der Waals surface area contributed by atoms with E-state index < -0.39 is 0 Å². The van der Waals surface area contributed by atoms with E-state index in [1.807, 2.05) is 18.3 Å². The van der Waals surface area contributed by atoms with Crippen LogP contribution in [0.25, 0.3) is 0 Å². The molecule has 0 amide bonds. The first-order valence-corrected chi connectivity index (χ1v) is 11.7. The number of thiocarbonyl (C=S) groups is 1. The van der Waals surface area contributed by atoms with Gasteiger partial charge < -0.3 is 15.4 Å². The summed E-state index contributed by atoms with van der Waals surface area (Å²) in [4.78, 5) is 13.6. The second-order valence-corrected chi connectivity index (χ2v) is 9.49. The molecular formula is C21H20Cl2N4O2S2. The first-order valence-electron chi connectivity index (χ1n) is 9.72. The zero-order valence-corrected chi connectivity index (χ0v) is 19.9. The Kier molecular flexibility index (Phi) is 6.81. The molecule has 1 aliphatic carbocycles. The van der Waals surface area contributed by atoms with Crippen molar-refractivity contribution in [2.75, 3.05) is 17.7 Å². The predicted octanol–water partition coefficient (Wildman–Crippen LogP) is 5.77. The molecule has 2 N–H and O–H groups in total. The number of rotatable bonds is 5. The lowest BCUT2D eigenvalue weighted by atomic mass is 9.95. The predicted molar refractivity (Wildman–Crippen MR) is 130 cm³/mol. The number of fused-ring (bicyclic) bond motifs is 1. The van der Waals surface area contributed by atoms with Crippen LogP contribution in [-0.2, 0) is 24.1 Å². The Morgan fingerprint density at radius 2 is 2.06 bits per heavy atom. The Balaban J connectivity index is 1.44. The molecule has 2 heterocycles. The fraction of sp³-hybridized carbons (Fsp3) is 0.286. The molecule has 0 radical (unpaired) electrons. The van der Waals surface area contributed by atoms with Gasteiger partial charge in [0.1, 0.15) is 5.00 Å². The van der Waals surface area contributed by atoms with Gasteiger partial charge in [-0.25, -0.2) is 4.79 Å². The van der Waals surface area contributed by atoms with Gasteiger partial charge >= 0.3 is 5.97 Å². The summed E-state index contributed by atoms with van der Waals surface area (Å²) in [5, 5.41) is 12.8. The summed E-state index contributed by atoms with van der Waals surface area (Å²) >= 11 is 19.1. The molecule has 10 heteroatoms. The van der Waals surface area contributed by atoms with Gasteiger partial charge in [0, 0.05) is 11.1 Å². The molecule has 0 unspecified atom stereocenters. The summed E-state index contributed by atoms with van der Waals surface area (Å²) in [6.45, 7) is 0.545. The maximum Gasteiger partial charge on any atom is 0.341 e. The minimum absolute atomic E-state index is 0.334. The molecule has 162 valence electrons. The van der Waals surface area contributed by atoms with Crippen molar-refractivity contribution in [3.63, 3.8) is 0 Å². The van der Waals surface area contributed by atoms with Crippen LogP contribution in [0.4, 0.5) is 10.7 Å². The molecule has 0 saturated heterocycles. The smallest absolute Gasteiger partial charge is 0.341 e. The largest absolute Gasteiger partial charge is 0.465 e. The van der Waals surface area contributed by atoms with Crippen molar-refractivity contribution in [2.24, 2.45) is 0 Å². The summed E-state index contributed by atoms with van der Waals surface area (Å²) in [7, 11) is 1.40. The number of carbonyl (C=O) groups excluding carboxylic acids is 1. The first kappa shape index (κ1) is 22.1. The van der Waals surface area contributed by atoms with E-state index in [-0.39, 0.29) is 5.97 Å². The lowest BCUT2D eigenvalue weighted by Gasteiger charge is -2.12. The summed E-state index contributed by atoms with van der Waals surface area (Å²) in [5.41, 5.74) is 3.40. The van der Waals surface area contributed by atoms with E-state index in [0.717, 1.165) is 47.5 Å². The Labute approximate surface area is 199 Å². The van der Waals surface area contributed by atoms with E-state index in [9.17, 15) is 4.79 Å². The number of esters is 1. The van der Waals surface area contributed by atoms with Gasteiger partial charge in [0.2, 0.25) is 0 Å². The SMILES string of the molecule is COC(=O)c1c(NC(=S)Nc2cnn(Cc3ccc(Cl)c(Cl)c3)c2)sc2c1CCCC2. The fourth-order valence-electron chi connectivity index (χ4n) is 3.58. The second kappa shape index (κ2) is 9.56. The number of thiophene rings is 1. The van der Waals surface area contributed by atoms with Crippen molar-refractivity contribution in [3.05, 3.63) is 62.2 Å². The molecule has 1 aromatic carbocycles. The van der Waals surface area contributed by atoms with Gasteiger partial charge in [-0.2, -0.15) is 5.10 Å². The molecule has 2 aromatic heterocycles. The summed E-state index contributed by atoms with van der Waals surface area (Å²) in [5.74, 6) is -0.334. The molecule has 0 fully saturated rings. The number of nitrogens with zero attached hydrogens (tertiary/aromatic N) is 2. The minimum atomic E-state index is -0.334. The second-order valence-electron chi connectivity index (χ2n) is 7.16. The average Bonchev–Trinajstić information content (AvgIpc) is 3.33. The van der Waals surface area contributed by atoms with Gasteiger partial charge in [-0.05, 0) is 61.2 Å². The van der Waals surface area contributed by atoms with Gasteiger partial charge in [-0.3, -0.25) is 4.68 Å². The van der Waals surface area contributed by atoms with Gasteiger partial charge in [-0.15, -0.1) is 11.3 Å². The molecule has 0 atom stereocenters. The van der Waals surface area contributed by atoms with E-state index in [0.29, 0.717) is 27.3 Å². The Morgan fingerprint density at radius 3 is 2.84 bits per heavy atom. The van der Waals surface area contributed by atoms with Crippen molar-refractivity contribution >= 4 is 68.5 Å². The number of hydrogen-bond acceptors (Lipinski definition) is 5. The highest BCUT2D eigenvalue weighted by molar-refractivity contribution is 7.80. The molecule has 3 aromatic rings. The zero-order chi connectivity index (χ0) is 22.0. The number of ether oxygens (including phenoxy) is 1. The molecule has 1 aliphatic rings. The molecular weight excluding hydrogens is 475 g/mol. The van der Waals surface area contributed by atoms with Gasteiger partial charge in [0.25, 0.3) is 0 Å². The van der Waals surface area contributed by atoms with E-state index in [1.54, 1.807) is 28.3 Å². The molecule has 0 saturated carbocycles. The topological polar surface area (TPSA) is 68.2 Å². The molecule has 0 aliphatic heterocycles.